The van der Waals surface area contributed by atoms with Crippen LogP contribution in [0.1, 0.15) is 30.6 Å². The highest BCUT2D eigenvalue weighted by atomic mass is 19.4. The molecule has 0 saturated heterocycles. The number of carbonyl (C=O) groups is 1. The Morgan fingerprint density at radius 1 is 1.41 bits per heavy atom. The highest BCUT2D eigenvalue weighted by Crippen LogP contribution is 2.21. The van der Waals surface area contributed by atoms with Gasteiger partial charge in [-0.15, -0.1) is 0 Å². The lowest BCUT2D eigenvalue weighted by Gasteiger charge is -2.16. The first-order valence-electron chi connectivity index (χ1n) is 5.09. The largest absolute Gasteiger partial charge is 0.454 e. The van der Waals surface area contributed by atoms with Gasteiger partial charge < -0.3 is 9.67 Å². The van der Waals surface area contributed by atoms with Crippen molar-refractivity contribution in [2.45, 2.75) is 38.6 Å². The second-order valence-electron chi connectivity index (χ2n) is 4.53. The molecule has 3 nitrogen and oxygen atoms in total. The van der Waals surface area contributed by atoms with Crippen molar-refractivity contribution in [1.29, 1.82) is 0 Å². The number of ketones is 1. The molecule has 0 radical (unpaired) electrons. The molecule has 0 spiro atoms. The molecule has 17 heavy (non-hydrogen) atoms. The van der Waals surface area contributed by atoms with Crippen LogP contribution in [0.4, 0.5) is 13.2 Å². The molecule has 0 aliphatic heterocycles. The summed E-state index contributed by atoms with van der Waals surface area (Å²) < 4.78 is 37.8. The Bertz CT molecular complexity index is 402. The Hall–Kier alpha value is -1.30. The van der Waals surface area contributed by atoms with Gasteiger partial charge in [-0.3, -0.25) is 4.79 Å². The first kappa shape index (κ1) is 13.8. The Labute approximate surface area is 96.9 Å². The van der Waals surface area contributed by atoms with Crippen molar-refractivity contribution in [3.63, 3.8) is 0 Å². The summed E-state index contributed by atoms with van der Waals surface area (Å²) in [6.45, 7) is 3.57. The first-order chi connectivity index (χ1) is 7.59. The van der Waals surface area contributed by atoms with Gasteiger partial charge >= 0.3 is 6.18 Å². The fourth-order valence-corrected chi connectivity index (χ4v) is 1.28. The van der Waals surface area contributed by atoms with Crippen molar-refractivity contribution in [2.75, 3.05) is 0 Å². The van der Waals surface area contributed by atoms with E-state index in [0.29, 0.717) is 13.0 Å². The molecule has 0 bridgehead atoms. The summed E-state index contributed by atoms with van der Waals surface area (Å²) >= 11 is 0. The van der Waals surface area contributed by atoms with E-state index in [-0.39, 0.29) is 5.56 Å². The molecule has 1 heterocycles. The van der Waals surface area contributed by atoms with Crippen molar-refractivity contribution in [3.05, 3.63) is 24.0 Å². The summed E-state index contributed by atoms with van der Waals surface area (Å²) in [5.74, 6) is -1.85. The second kappa shape index (κ2) is 4.52. The Kier molecular flexibility index (Phi) is 3.66. The van der Waals surface area contributed by atoms with Gasteiger partial charge in [-0.2, -0.15) is 13.2 Å². The van der Waals surface area contributed by atoms with E-state index in [2.05, 4.69) is 0 Å². The van der Waals surface area contributed by atoms with Gasteiger partial charge in [0.15, 0.2) is 0 Å². The molecule has 1 N–H and O–H groups in total. The maximum atomic E-state index is 12.1. The predicted octanol–water partition coefficient (Wildman–Crippen LogP) is 2.39. The highest BCUT2D eigenvalue weighted by molar-refractivity contribution is 6.00. The van der Waals surface area contributed by atoms with Crippen molar-refractivity contribution in [1.82, 2.24) is 4.57 Å². The topological polar surface area (TPSA) is 42.2 Å². The van der Waals surface area contributed by atoms with Crippen LogP contribution in [-0.4, -0.2) is 27.2 Å². The fourth-order valence-electron chi connectivity index (χ4n) is 1.28. The van der Waals surface area contributed by atoms with E-state index in [1.807, 2.05) is 0 Å². The zero-order valence-electron chi connectivity index (χ0n) is 9.58. The lowest BCUT2D eigenvalue weighted by atomic mass is 10.1. The monoisotopic (exact) mass is 249 g/mol. The molecular formula is C11H14F3NO2. The summed E-state index contributed by atoms with van der Waals surface area (Å²) in [5.41, 5.74) is -1.27. The molecule has 1 aromatic heterocycles. The molecule has 0 unspecified atom stereocenters. The highest BCUT2D eigenvalue weighted by Gasteiger charge is 2.39. The number of nitrogens with zero attached hydrogens (tertiary/aromatic N) is 1. The van der Waals surface area contributed by atoms with E-state index >= 15 is 0 Å². The SMILES string of the molecule is CC(C)(O)CCn1ccc(C(=O)C(F)(F)F)c1. The second-order valence-corrected chi connectivity index (χ2v) is 4.53. The molecule has 1 rings (SSSR count). The Morgan fingerprint density at radius 3 is 2.47 bits per heavy atom. The molecule has 0 aliphatic carbocycles. The minimum Gasteiger partial charge on any atom is -0.390 e. The summed E-state index contributed by atoms with van der Waals surface area (Å²) in [5, 5.41) is 9.46. The van der Waals surface area contributed by atoms with E-state index in [4.69, 9.17) is 0 Å². The van der Waals surface area contributed by atoms with Crippen LogP contribution >= 0.6 is 0 Å². The van der Waals surface area contributed by atoms with Gasteiger partial charge in [-0.25, -0.2) is 0 Å². The van der Waals surface area contributed by atoms with Gasteiger partial charge in [0.05, 0.1) is 5.60 Å². The molecule has 0 amide bonds. The summed E-state index contributed by atoms with van der Waals surface area (Å²) in [7, 11) is 0. The number of alkyl halides is 3. The number of carbonyl (C=O) groups excluding carboxylic acids is 1. The summed E-state index contributed by atoms with van der Waals surface area (Å²) in [4.78, 5) is 10.9. The molecule has 0 aromatic carbocycles. The normalized spacial score (nSPS) is 12.8. The predicted molar refractivity (Wildman–Crippen MR) is 55.7 cm³/mol. The van der Waals surface area contributed by atoms with Crippen LogP contribution in [0.15, 0.2) is 18.5 Å². The first-order valence-corrected chi connectivity index (χ1v) is 5.09. The zero-order valence-corrected chi connectivity index (χ0v) is 9.58. The van der Waals surface area contributed by atoms with Gasteiger partial charge in [0.25, 0.3) is 5.78 Å². The quantitative estimate of drug-likeness (QED) is 0.832. The van der Waals surface area contributed by atoms with Crippen LogP contribution in [0.5, 0.6) is 0 Å². The van der Waals surface area contributed by atoms with Crippen LogP contribution < -0.4 is 0 Å². The standard InChI is InChI=1S/C11H14F3NO2/c1-10(2,17)4-6-15-5-3-8(7-15)9(16)11(12,13)14/h3,5,7,17H,4,6H2,1-2H3. The third-order valence-electron chi connectivity index (χ3n) is 2.25. The number of aliphatic hydroxyl groups is 1. The van der Waals surface area contributed by atoms with Gasteiger partial charge in [-0.05, 0) is 26.3 Å². The van der Waals surface area contributed by atoms with Crippen LogP contribution in [0.25, 0.3) is 0 Å². The van der Waals surface area contributed by atoms with Crippen molar-refractivity contribution in [2.24, 2.45) is 0 Å². The van der Waals surface area contributed by atoms with Crippen LogP contribution in [0, 0.1) is 0 Å². The number of aryl methyl sites for hydroxylation is 1. The number of hydrogen-bond donors (Lipinski definition) is 1. The molecule has 0 atom stereocenters. The van der Waals surface area contributed by atoms with Gasteiger partial charge in [0.2, 0.25) is 0 Å². The maximum absolute atomic E-state index is 12.1. The molecule has 6 heteroatoms. The minimum atomic E-state index is -4.84. The molecule has 0 fully saturated rings. The lowest BCUT2D eigenvalue weighted by Crippen LogP contribution is -2.22. The average molecular weight is 249 g/mol. The fraction of sp³-hybridized carbons (Fsp3) is 0.545. The van der Waals surface area contributed by atoms with E-state index in [1.165, 1.54) is 10.8 Å². The van der Waals surface area contributed by atoms with Crippen molar-refractivity contribution in [3.8, 4) is 0 Å². The van der Waals surface area contributed by atoms with E-state index in [0.717, 1.165) is 12.3 Å². The average Bonchev–Trinajstić information content (AvgIpc) is 2.59. The van der Waals surface area contributed by atoms with Crippen molar-refractivity contribution >= 4 is 5.78 Å². The van der Waals surface area contributed by atoms with E-state index in [9.17, 15) is 23.1 Å². The smallest absolute Gasteiger partial charge is 0.390 e. The number of aromatic nitrogens is 1. The third kappa shape index (κ3) is 4.22. The number of rotatable bonds is 4. The van der Waals surface area contributed by atoms with E-state index < -0.39 is 17.6 Å². The molecule has 1 aromatic rings. The van der Waals surface area contributed by atoms with Crippen molar-refractivity contribution < 1.29 is 23.1 Å². The van der Waals surface area contributed by atoms with Gasteiger partial charge in [-0.1, -0.05) is 0 Å². The molecule has 0 aliphatic rings. The van der Waals surface area contributed by atoms with E-state index in [1.54, 1.807) is 13.8 Å². The maximum Gasteiger partial charge on any atom is 0.454 e. The van der Waals surface area contributed by atoms with Crippen LogP contribution in [0.2, 0.25) is 0 Å². The molecular weight excluding hydrogens is 235 g/mol. The number of halogens is 3. The van der Waals surface area contributed by atoms with Crippen LogP contribution in [0.3, 0.4) is 0 Å². The molecule has 0 saturated carbocycles. The molecule has 96 valence electrons. The third-order valence-corrected chi connectivity index (χ3v) is 2.25. The minimum absolute atomic E-state index is 0.356. The Balaban J connectivity index is 2.69. The van der Waals surface area contributed by atoms with Crippen LogP contribution in [-0.2, 0) is 6.54 Å². The zero-order chi connectivity index (χ0) is 13.3. The number of Topliss-reactive ketones (excluding diaryl/α,β-unsaturated/α-hetero) is 1. The summed E-state index contributed by atoms with van der Waals surface area (Å²) in [6, 6.07) is 1.13. The van der Waals surface area contributed by atoms with Gasteiger partial charge in [0, 0.05) is 24.5 Å². The lowest BCUT2D eigenvalue weighted by molar-refractivity contribution is -0.0885. The number of hydrogen-bond acceptors (Lipinski definition) is 2. The summed E-state index contributed by atoms with van der Waals surface area (Å²) in [6.07, 6.45) is -1.92. The van der Waals surface area contributed by atoms with Gasteiger partial charge in [0.1, 0.15) is 0 Å². The Morgan fingerprint density at radius 2 is 2.00 bits per heavy atom.